The lowest BCUT2D eigenvalue weighted by Crippen LogP contribution is -2.43. The number of nitrogens with one attached hydrogen (secondary N) is 1. The summed E-state index contributed by atoms with van der Waals surface area (Å²) < 4.78 is 0. The van der Waals surface area contributed by atoms with Crippen molar-refractivity contribution in [3.05, 3.63) is 0 Å². The average molecular weight is 283 g/mol. The van der Waals surface area contributed by atoms with Crippen LogP contribution in [0, 0.1) is 5.41 Å². The van der Waals surface area contributed by atoms with Gasteiger partial charge in [0.15, 0.2) is 5.96 Å². The summed E-state index contributed by atoms with van der Waals surface area (Å²) in [5.41, 5.74) is 6.13. The van der Waals surface area contributed by atoms with E-state index in [4.69, 9.17) is 5.73 Å². The van der Waals surface area contributed by atoms with Gasteiger partial charge in [-0.1, -0.05) is 20.8 Å². The van der Waals surface area contributed by atoms with Crippen LogP contribution in [0.15, 0.2) is 4.99 Å². The summed E-state index contributed by atoms with van der Waals surface area (Å²) in [6.45, 7) is 11.7. The van der Waals surface area contributed by atoms with Crippen molar-refractivity contribution in [3.8, 4) is 0 Å². The molecule has 0 aliphatic carbocycles. The van der Waals surface area contributed by atoms with Gasteiger partial charge in [0.2, 0.25) is 0 Å². The minimum absolute atomic E-state index is 0.151. The first-order valence-electron chi connectivity index (χ1n) is 7.76. The Balaban J connectivity index is 2.34. The van der Waals surface area contributed by atoms with E-state index in [-0.39, 0.29) is 5.41 Å². The van der Waals surface area contributed by atoms with Crippen LogP contribution in [-0.4, -0.2) is 68.6 Å². The van der Waals surface area contributed by atoms with Gasteiger partial charge in [-0.2, -0.15) is 0 Å². The number of nitrogens with two attached hydrogens (primary N) is 1. The highest BCUT2D eigenvalue weighted by Crippen LogP contribution is 2.16. The van der Waals surface area contributed by atoms with Crippen molar-refractivity contribution in [2.75, 3.05) is 46.8 Å². The van der Waals surface area contributed by atoms with Crippen molar-refractivity contribution >= 4 is 5.96 Å². The number of rotatable bonds is 7. The smallest absolute Gasteiger partial charge is 0.188 e. The molecule has 0 aromatic heterocycles. The maximum absolute atomic E-state index is 5.98. The number of guanidine groups is 1. The molecule has 1 fully saturated rings. The summed E-state index contributed by atoms with van der Waals surface area (Å²) in [5, 5.41) is 3.29. The summed E-state index contributed by atoms with van der Waals surface area (Å²) in [4.78, 5) is 9.20. The molecule has 118 valence electrons. The van der Waals surface area contributed by atoms with E-state index in [1.807, 2.05) is 0 Å². The van der Waals surface area contributed by atoms with Crippen molar-refractivity contribution in [2.45, 2.75) is 39.7 Å². The van der Waals surface area contributed by atoms with Crippen LogP contribution < -0.4 is 11.1 Å². The van der Waals surface area contributed by atoms with Crippen LogP contribution in [0.25, 0.3) is 0 Å². The van der Waals surface area contributed by atoms with Crippen LogP contribution in [0.5, 0.6) is 0 Å². The standard InChI is InChI=1S/C15H33N5/c1-6-20-9-7-8-13(20)10-17-14(16)18-11-15(2,3)12-19(4)5/h13H,6-12H2,1-5H3,(H3,16,17,18). The lowest BCUT2D eigenvalue weighted by atomic mass is 9.93. The zero-order valence-electron chi connectivity index (χ0n) is 13.9. The predicted octanol–water partition coefficient (Wildman–Crippen LogP) is 0.963. The minimum Gasteiger partial charge on any atom is -0.370 e. The van der Waals surface area contributed by atoms with Gasteiger partial charge in [-0.25, -0.2) is 0 Å². The van der Waals surface area contributed by atoms with Crippen LogP contribution in [0.1, 0.15) is 33.6 Å². The fourth-order valence-corrected chi connectivity index (χ4v) is 3.03. The largest absolute Gasteiger partial charge is 0.370 e. The highest BCUT2D eigenvalue weighted by Gasteiger charge is 2.23. The van der Waals surface area contributed by atoms with Gasteiger partial charge in [0.1, 0.15) is 0 Å². The van der Waals surface area contributed by atoms with E-state index in [0.717, 1.165) is 26.2 Å². The molecule has 1 heterocycles. The van der Waals surface area contributed by atoms with Crippen LogP contribution >= 0.6 is 0 Å². The molecule has 1 saturated heterocycles. The molecular formula is C15H33N5. The molecule has 5 heteroatoms. The summed E-state index contributed by atoms with van der Waals surface area (Å²) in [5.74, 6) is 0.583. The molecule has 0 radical (unpaired) electrons. The van der Waals surface area contributed by atoms with Crippen LogP contribution in [0.3, 0.4) is 0 Å². The molecule has 20 heavy (non-hydrogen) atoms. The molecule has 0 aromatic carbocycles. The first-order chi connectivity index (χ1) is 9.34. The number of nitrogens with zero attached hydrogens (tertiary/aromatic N) is 3. The first-order valence-corrected chi connectivity index (χ1v) is 7.76. The monoisotopic (exact) mass is 283 g/mol. The van der Waals surface area contributed by atoms with Gasteiger partial charge in [-0.3, -0.25) is 9.89 Å². The van der Waals surface area contributed by atoms with Crippen molar-refractivity contribution in [1.82, 2.24) is 15.1 Å². The molecule has 0 bridgehead atoms. The van der Waals surface area contributed by atoms with E-state index in [0.29, 0.717) is 12.0 Å². The van der Waals surface area contributed by atoms with Gasteiger partial charge < -0.3 is 16.0 Å². The van der Waals surface area contributed by atoms with E-state index < -0.39 is 0 Å². The molecule has 0 aromatic rings. The SMILES string of the molecule is CCN1CCCC1CNC(N)=NCC(C)(C)CN(C)C. The maximum Gasteiger partial charge on any atom is 0.188 e. The minimum atomic E-state index is 0.151. The molecule has 1 unspecified atom stereocenters. The van der Waals surface area contributed by atoms with Gasteiger partial charge in [-0.15, -0.1) is 0 Å². The van der Waals surface area contributed by atoms with E-state index >= 15 is 0 Å². The topological polar surface area (TPSA) is 56.9 Å². The van der Waals surface area contributed by atoms with Gasteiger partial charge in [0.25, 0.3) is 0 Å². The summed E-state index contributed by atoms with van der Waals surface area (Å²) in [6.07, 6.45) is 2.56. The third-order valence-electron chi connectivity index (χ3n) is 3.85. The van der Waals surface area contributed by atoms with E-state index in [1.165, 1.54) is 19.4 Å². The molecule has 5 nitrogen and oxygen atoms in total. The Morgan fingerprint density at radius 1 is 1.45 bits per heavy atom. The number of hydrogen-bond donors (Lipinski definition) is 2. The first kappa shape index (κ1) is 17.2. The van der Waals surface area contributed by atoms with Gasteiger partial charge in [0.05, 0.1) is 0 Å². The lowest BCUT2D eigenvalue weighted by molar-refractivity contribution is 0.248. The molecule has 0 spiro atoms. The van der Waals surface area contributed by atoms with Crippen molar-refractivity contribution in [3.63, 3.8) is 0 Å². The van der Waals surface area contributed by atoms with Crippen LogP contribution in [0.4, 0.5) is 0 Å². The Bertz CT molecular complexity index is 311. The molecule has 1 atom stereocenters. The lowest BCUT2D eigenvalue weighted by Gasteiger charge is -2.27. The Morgan fingerprint density at radius 2 is 2.15 bits per heavy atom. The fourth-order valence-electron chi connectivity index (χ4n) is 3.03. The van der Waals surface area contributed by atoms with Crippen LogP contribution in [0.2, 0.25) is 0 Å². The Morgan fingerprint density at radius 3 is 2.75 bits per heavy atom. The third-order valence-corrected chi connectivity index (χ3v) is 3.85. The molecule has 1 rings (SSSR count). The molecular weight excluding hydrogens is 250 g/mol. The number of hydrogen-bond acceptors (Lipinski definition) is 3. The second-order valence-electron chi connectivity index (χ2n) is 6.91. The molecule has 0 saturated carbocycles. The van der Waals surface area contributed by atoms with Crippen molar-refractivity contribution in [2.24, 2.45) is 16.1 Å². The zero-order chi connectivity index (χ0) is 15.2. The van der Waals surface area contributed by atoms with Gasteiger partial charge in [-0.05, 0) is 45.4 Å². The van der Waals surface area contributed by atoms with E-state index in [2.05, 4.69) is 55.0 Å². The Labute approximate surface area is 124 Å². The van der Waals surface area contributed by atoms with Crippen molar-refractivity contribution in [1.29, 1.82) is 0 Å². The van der Waals surface area contributed by atoms with Gasteiger partial charge in [0, 0.05) is 25.7 Å². The second kappa shape index (κ2) is 7.84. The molecule has 0 amide bonds. The Hall–Kier alpha value is -0.810. The maximum atomic E-state index is 5.98. The van der Waals surface area contributed by atoms with E-state index in [9.17, 15) is 0 Å². The zero-order valence-corrected chi connectivity index (χ0v) is 13.9. The molecule has 3 N–H and O–H groups in total. The summed E-state index contributed by atoms with van der Waals surface area (Å²) in [6, 6.07) is 0.614. The summed E-state index contributed by atoms with van der Waals surface area (Å²) >= 11 is 0. The number of likely N-dealkylation sites (N-methyl/N-ethyl adjacent to an activating group) is 1. The van der Waals surface area contributed by atoms with Crippen molar-refractivity contribution < 1.29 is 0 Å². The summed E-state index contributed by atoms with van der Waals surface area (Å²) in [7, 11) is 4.18. The quantitative estimate of drug-likeness (QED) is 0.540. The Kier molecular flexibility index (Phi) is 6.76. The average Bonchev–Trinajstić information content (AvgIpc) is 2.79. The van der Waals surface area contributed by atoms with Gasteiger partial charge >= 0.3 is 0 Å². The molecule has 1 aliphatic rings. The molecule has 1 aliphatic heterocycles. The number of aliphatic imine (C=N–C) groups is 1. The van der Waals surface area contributed by atoms with Crippen LogP contribution in [-0.2, 0) is 0 Å². The highest BCUT2D eigenvalue weighted by molar-refractivity contribution is 5.77. The number of likely N-dealkylation sites (tertiary alicyclic amines) is 1. The van der Waals surface area contributed by atoms with E-state index in [1.54, 1.807) is 0 Å². The second-order valence-corrected chi connectivity index (χ2v) is 6.91. The third kappa shape index (κ3) is 6.09. The highest BCUT2D eigenvalue weighted by atomic mass is 15.2. The normalized spacial score (nSPS) is 21.7. The predicted molar refractivity (Wildman–Crippen MR) is 87.1 cm³/mol. The fraction of sp³-hybridized carbons (Fsp3) is 0.933.